The summed E-state index contributed by atoms with van der Waals surface area (Å²) in [4.78, 5) is 23.3. The monoisotopic (exact) mass is 286 g/mol. The maximum atomic E-state index is 12.0. The molecule has 0 unspecified atom stereocenters. The first-order valence-corrected chi connectivity index (χ1v) is 6.87. The summed E-state index contributed by atoms with van der Waals surface area (Å²) < 4.78 is 1.23. The fourth-order valence-corrected chi connectivity index (χ4v) is 2.29. The fourth-order valence-electron chi connectivity index (χ4n) is 2.29. The first-order chi connectivity index (χ1) is 9.93. The van der Waals surface area contributed by atoms with Crippen molar-refractivity contribution in [3.63, 3.8) is 0 Å². The van der Waals surface area contributed by atoms with Crippen LogP contribution in [0.15, 0.2) is 29.1 Å². The summed E-state index contributed by atoms with van der Waals surface area (Å²) in [6.45, 7) is 6.25. The van der Waals surface area contributed by atoms with Crippen LogP contribution in [0, 0.1) is 13.8 Å². The van der Waals surface area contributed by atoms with Crippen molar-refractivity contribution in [3.05, 3.63) is 51.3 Å². The smallest absolute Gasteiger partial charge is 0.341 e. The van der Waals surface area contributed by atoms with E-state index in [1.54, 1.807) is 0 Å². The topological polar surface area (TPSA) is 72.2 Å². The number of nitrogens with zero attached hydrogens (tertiary/aromatic N) is 2. The average molecular weight is 286 g/mol. The number of benzene rings is 1. The van der Waals surface area contributed by atoms with Gasteiger partial charge in [-0.25, -0.2) is 9.48 Å². The predicted molar refractivity (Wildman–Crippen MR) is 80.7 cm³/mol. The fraction of sp³-hybridized carbons (Fsp3) is 0.312. The highest BCUT2D eigenvalue weighted by Gasteiger charge is 2.16. The lowest BCUT2D eigenvalue weighted by molar-refractivity contribution is 0.0693. The van der Waals surface area contributed by atoms with Crippen LogP contribution in [0.3, 0.4) is 0 Å². The minimum atomic E-state index is -1.22. The van der Waals surface area contributed by atoms with Crippen molar-refractivity contribution in [2.75, 3.05) is 0 Å². The predicted octanol–water partition coefficient (Wildman–Crippen LogP) is 2.64. The highest BCUT2D eigenvalue weighted by Crippen LogP contribution is 2.22. The van der Waals surface area contributed by atoms with Gasteiger partial charge in [-0.05, 0) is 31.9 Å². The Hall–Kier alpha value is -2.43. The van der Waals surface area contributed by atoms with Crippen LogP contribution in [0.5, 0.6) is 0 Å². The van der Waals surface area contributed by atoms with Gasteiger partial charge in [0.1, 0.15) is 5.56 Å². The van der Waals surface area contributed by atoms with Gasteiger partial charge in [0.15, 0.2) is 0 Å². The number of aromatic carboxylic acids is 1. The molecule has 0 amide bonds. The van der Waals surface area contributed by atoms with Gasteiger partial charge in [-0.3, -0.25) is 4.79 Å². The zero-order valence-corrected chi connectivity index (χ0v) is 12.4. The number of carboxylic acids is 1. The molecule has 0 aliphatic carbocycles. The molecule has 0 spiro atoms. The first-order valence-electron chi connectivity index (χ1n) is 6.87. The summed E-state index contributed by atoms with van der Waals surface area (Å²) in [5.74, 6) is -1.22. The van der Waals surface area contributed by atoms with Crippen LogP contribution in [0.4, 0.5) is 0 Å². The molecule has 2 aromatic rings. The highest BCUT2D eigenvalue weighted by molar-refractivity contribution is 5.88. The second-order valence-electron chi connectivity index (χ2n) is 5.10. The number of carbonyl (C=O) groups is 1. The van der Waals surface area contributed by atoms with E-state index in [1.807, 2.05) is 39.0 Å². The number of rotatable bonds is 4. The van der Waals surface area contributed by atoms with Crippen LogP contribution in [-0.4, -0.2) is 20.9 Å². The highest BCUT2D eigenvalue weighted by atomic mass is 16.4. The standard InChI is InChI=1S/C16H18N2O3/c1-4-7-18-15(19)13(16(20)21)9-14(17-18)12-6-5-10(2)8-11(12)3/h5-6,8-9H,4,7H2,1-3H3,(H,20,21). The zero-order valence-electron chi connectivity index (χ0n) is 12.4. The summed E-state index contributed by atoms with van der Waals surface area (Å²) in [7, 11) is 0. The Morgan fingerprint density at radius 3 is 2.57 bits per heavy atom. The first kappa shape index (κ1) is 15.0. The Kier molecular flexibility index (Phi) is 4.21. The molecule has 1 N–H and O–H groups in total. The third-order valence-corrected chi connectivity index (χ3v) is 3.30. The Morgan fingerprint density at radius 1 is 1.29 bits per heavy atom. The number of hydrogen-bond acceptors (Lipinski definition) is 3. The molecule has 2 rings (SSSR count). The maximum absolute atomic E-state index is 12.0. The number of hydrogen-bond donors (Lipinski definition) is 1. The molecule has 5 heteroatoms. The summed E-state index contributed by atoms with van der Waals surface area (Å²) in [5, 5.41) is 13.5. The Balaban J connectivity index is 2.68. The summed E-state index contributed by atoms with van der Waals surface area (Å²) in [6, 6.07) is 7.21. The lowest BCUT2D eigenvalue weighted by Gasteiger charge is -2.10. The summed E-state index contributed by atoms with van der Waals surface area (Å²) in [6.07, 6.45) is 0.711. The summed E-state index contributed by atoms with van der Waals surface area (Å²) >= 11 is 0. The minimum Gasteiger partial charge on any atom is -0.477 e. The second-order valence-corrected chi connectivity index (χ2v) is 5.10. The molecular formula is C16H18N2O3. The SMILES string of the molecule is CCCn1nc(-c2ccc(C)cc2C)cc(C(=O)O)c1=O. The lowest BCUT2D eigenvalue weighted by atomic mass is 10.0. The number of carboxylic acid groups (broad SMARTS) is 1. The van der Waals surface area contributed by atoms with Gasteiger partial charge >= 0.3 is 5.97 Å². The van der Waals surface area contributed by atoms with E-state index in [0.717, 1.165) is 16.7 Å². The number of aromatic nitrogens is 2. The third kappa shape index (κ3) is 3.02. The molecule has 0 fully saturated rings. The van der Waals surface area contributed by atoms with Gasteiger partial charge < -0.3 is 5.11 Å². The van der Waals surface area contributed by atoms with Crippen molar-refractivity contribution >= 4 is 5.97 Å². The molecule has 0 saturated carbocycles. The van der Waals surface area contributed by atoms with E-state index >= 15 is 0 Å². The largest absolute Gasteiger partial charge is 0.477 e. The Morgan fingerprint density at radius 2 is 2.00 bits per heavy atom. The average Bonchev–Trinajstić information content (AvgIpc) is 2.41. The molecule has 1 heterocycles. The maximum Gasteiger partial charge on any atom is 0.341 e. The van der Waals surface area contributed by atoms with Gasteiger partial charge in [-0.1, -0.05) is 30.7 Å². The normalized spacial score (nSPS) is 10.6. The van der Waals surface area contributed by atoms with Crippen molar-refractivity contribution in [3.8, 4) is 11.3 Å². The van der Waals surface area contributed by atoms with Gasteiger partial charge in [0.25, 0.3) is 5.56 Å². The van der Waals surface area contributed by atoms with E-state index in [0.29, 0.717) is 18.7 Å². The summed E-state index contributed by atoms with van der Waals surface area (Å²) in [5.41, 5.74) is 2.68. The molecule has 0 saturated heterocycles. The quantitative estimate of drug-likeness (QED) is 0.937. The van der Waals surface area contributed by atoms with E-state index in [4.69, 9.17) is 0 Å². The van der Waals surface area contributed by atoms with Gasteiger partial charge in [0, 0.05) is 12.1 Å². The lowest BCUT2D eigenvalue weighted by Crippen LogP contribution is -2.29. The molecular weight excluding hydrogens is 268 g/mol. The van der Waals surface area contributed by atoms with E-state index in [-0.39, 0.29) is 5.56 Å². The molecule has 0 aliphatic rings. The molecule has 110 valence electrons. The van der Waals surface area contributed by atoms with E-state index < -0.39 is 11.5 Å². The van der Waals surface area contributed by atoms with Gasteiger partial charge in [-0.15, -0.1) is 0 Å². The van der Waals surface area contributed by atoms with Crippen LogP contribution in [0.25, 0.3) is 11.3 Å². The second kappa shape index (κ2) is 5.91. The van der Waals surface area contributed by atoms with Crippen LogP contribution >= 0.6 is 0 Å². The molecule has 5 nitrogen and oxygen atoms in total. The van der Waals surface area contributed by atoms with Crippen LogP contribution in [0.2, 0.25) is 0 Å². The van der Waals surface area contributed by atoms with E-state index in [9.17, 15) is 14.7 Å². The zero-order chi connectivity index (χ0) is 15.6. The molecule has 21 heavy (non-hydrogen) atoms. The van der Waals surface area contributed by atoms with Gasteiger partial charge in [-0.2, -0.15) is 5.10 Å². The molecule has 0 atom stereocenters. The molecule has 1 aromatic carbocycles. The van der Waals surface area contributed by atoms with Crippen molar-refractivity contribution in [1.82, 2.24) is 9.78 Å². The minimum absolute atomic E-state index is 0.242. The van der Waals surface area contributed by atoms with Crippen LogP contribution < -0.4 is 5.56 Å². The van der Waals surface area contributed by atoms with Crippen LogP contribution in [-0.2, 0) is 6.54 Å². The van der Waals surface area contributed by atoms with Crippen molar-refractivity contribution < 1.29 is 9.90 Å². The van der Waals surface area contributed by atoms with Gasteiger partial charge in [0.2, 0.25) is 0 Å². The van der Waals surface area contributed by atoms with E-state index in [2.05, 4.69) is 5.10 Å². The van der Waals surface area contributed by atoms with Crippen molar-refractivity contribution in [2.24, 2.45) is 0 Å². The van der Waals surface area contributed by atoms with Crippen LogP contribution in [0.1, 0.15) is 34.8 Å². The molecule has 0 bridgehead atoms. The number of aryl methyl sites for hydroxylation is 3. The van der Waals surface area contributed by atoms with Crippen molar-refractivity contribution in [2.45, 2.75) is 33.7 Å². The molecule has 0 radical (unpaired) electrons. The Bertz CT molecular complexity index is 748. The van der Waals surface area contributed by atoms with E-state index in [1.165, 1.54) is 10.7 Å². The van der Waals surface area contributed by atoms with Crippen molar-refractivity contribution in [1.29, 1.82) is 0 Å². The van der Waals surface area contributed by atoms with Gasteiger partial charge in [0.05, 0.1) is 5.69 Å². The molecule has 1 aromatic heterocycles. The third-order valence-electron chi connectivity index (χ3n) is 3.30. The Labute approximate surface area is 122 Å². The molecule has 0 aliphatic heterocycles.